The second kappa shape index (κ2) is 8.37. The van der Waals surface area contributed by atoms with Crippen molar-refractivity contribution >= 4 is 11.7 Å². The summed E-state index contributed by atoms with van der Waals surface area (Å²) in [6, 6.07) is 8.96. The second-order valence-electron chi connectivity index (χ2n) is 6.39. The van der Waals surface area contributed by atoms with Crippen molar-refractivity contribution in [3.8, 4) is 5.75 Å². The van der Waals surface area contributed by atoms with Gasteiger partial charge in [0.25, 0.3) is 0 Å². The predicted octanol–water partition coefficient (Wildman–Crippen LogP) is 3.19. The van der Waals surface area contributed by atoms with Crippen LogP contribution in [-0.4, -0.2) is 43.2 Å². The molecule has 1 fully saturated rings. The Bertz CT molecular complexity index is 803. The number of aromatic carboxylic acids is 1. The van der Waals surface area contributed by atoms with E-state index < -0.39 is 17.9 Å². The van der Waals surface area contributed by atoms with Gasteiger partial charge in [-0.1, -0.05) is 12.1 Å². The van der Waals surface area contributed by atoms with Crippen molar-refractivity contribution < 1.29 is 28.9 Å². The third-order valence-corrected chi connectivity index (χ3v) is 4.65. The van der Waals surface area contributed by atoms with Crippen molar-refractivity contribution in [1.29, 1.82) is 0 Å². The highest BCUT2D eigenvalue weighted by molar-refractivity contribution is 5.87. The highest BCUT2D eigenvalue weighted by Crippen LogP contribution is 2.38. The second-order valence-corrected chi connectivity index (χ2v) is 6.39. The van der Waals surface area contributed by atoms with E-state index in [1.165, 1.54) is 31.4 Å². The number of hydrogen-bond donors (Lipinski definition) is 2. The highest BCUT2D eigenvalue weighted by Gasteiger charge is 2.26. The number of aliphatic hydroxyl groups excluding tert-OH is 1. The van der Waals surface area contributed by atoms with Crippen molar-refractivity contribution in [3.63, 3.8) is 0 Å². The van der Waals surface area contributed by atoms with E-state index in [9.17, 15) is 9.90 Å². The molecule has 7 heteroatoms. The van der Waals surface area contributed by atoms with Gasteiger partial charge in [-0.15, -0.1) is 0 Å². The summed E-state index contributed by atoms with van der Waals surface area (Å²) in [7, 11) is 1.45. The van der Waals surface area contributed by atoms with Gasteiger partial charge in [0.2, 0.25) is 0 Å². The summed E-state index contributed by atoms with van der Waals surface area (Å²) in [5, 5.41) is 19.8. The zero-order valence-corrected chi connectivity index (χ0v) is 15.0. The molecule has 2 aromatic carbocycles. The lowest BCUT2D eigenvalue weighted by Gasteiger charge is -2.23. The van der Waals surface area contributed by atoms with Gasteiger partial charge in [-0.3, -0.25) is 0 Å². The van der Waals surface area contributed by atoms with Crippen molar-refractivity contribution in [1.82, 2.24) is 0 Å². The molecule has 2 N–H and O–H groups in total. The van der Waals surface area contributed by atoms with Crippen LogP contribution < -0.4 is 9.64 Å². The molecule has 3 rings (SSSR count). The van der Waals surface area contributed by atoms with Gasteiger partial charge < -0.3 is 24.6 Å². The number of hydrogen-bond acceptors (Lipinski definition) is 5. The van der Waals surface area contributed by atoms with Crippen LogP contribution in [0.2, 0.25) is 0 Å². The number of anilines is 1. The lowest BCUT2D eigenvalue weighted by Crippen LogP contribution is -2.20. The highest BCUT2D eigenvalue weighted by atomic mass is 19.1. The Kier molecular flexibility index (Phi) is 5.93. The first kappa shape index (κ1) is 19.1. The Labute approximate surface area is 156 Å². The Hall–Kier alpha value is -2.64. The molecule has 1 aliphatic rings. The topological polar surface area (TPSA) is 79.2 Å². The molecule has 0 spiro atoms. The summed E-state index contributed by atoms with van der Waals surface area (Å²) in [5.74, 6) is -1.42. The maximum Gasteiger partial charge on any atom is 0.335 e. The summed E-state index contributed by atoms with van der Waals surface area (Å²) < 4.78 is 25.7. The number of carbonyl (C=O) groups is 1. The van der Waals surface area contributed by atoms with E-state index in [-0.39, 0.29) is 23.7 Å². The van der Waals surface area contributed by atoms with E-state index >= 15 is 4.39 Å². The van der Waals surface area contributed by atoms with Gasteiger partial charge in [0.05, 0.1) is 16.8 Å². The predicted molar refractivity (Wildman–Crippen MR) is 97.8 cm³/mol. The van der Waals surface area contributed by atoms with Crippen molar-refractivity contribution in [2.24, 2.45) is 0 Å². The molecule has 0 aromatic heterocycles. The number of rotatable bonds is 7. The fraction of sp³-hybridized carbons (Fsp3) is 0.350. The molecule has 6 nitrogen and oxygen atoms in total. The summed E-state index contributed by atoms with van der Waals surface area (Å²) in [6.45, 7) is 1.44. The molecule has 144 valence electrons. The molecular formula is C20H22FNO5. The molecule has 1 atom stereocenters. The Morgan fingerprint density at radius 1 is 1.19 bits per heavy atom. The molecule has 0 amide bonds. The Morgan fingerprint density at radius 2 is 1.85 bits per heavy atom. The number of carboxylic acids is 1. The molecule has 0 aliphatic carbocycles. The van der Waals surface area contributed by atoms with Crippen molar-refractivity contribution in [3.05, 3.63) is 58.9 Å². The lowest BCUT2D eigenvalue weighted by atomic mass is 9.98. The summed E-state index contributed by atoms with van der Waals surface area (Å²) in [4.78, 5) is 13.0. The normalized spacial score (nSPS) is 15.0. The Morgan fingerprint density at radius 3 is 2.44 bits per heavy atom. The van der Waals surface area contributed by atoms with Crippen LogP contribution >= 0.6 is 0 Å². The van der Waals surface area contributed by atoms with E-state index in [1.54, 1.807) is 12.1 Å². The summed E-state index contributed by atoms with van der Waals surface area (Å²) in [6.07, 6.45) is 0.688. The van der Waals surface area contributed by atoms with Gasteiger partial charge in [0.15, 0.2) is 12.6 Å². The van der Waals surface area contributed by atoms with E-state index in [4.69, 9.17) is 14.6 Å². The number of ether oxygens (including phenoxy) is 2. The van der Waals surface area contributed by atoms with Crippen molar-refractivity contribution in [2.45, 2.75) is 18.9 Å². The van der Waals surface area contributed by atoms with Crippen LogP contribution in [0.4, 0.5) is 10.1 Å². The maximum atomic E-state index is 15.3. The molecule has 0 saturated carbocycles. The minimum absolute atomic E-state index is 0.0134. The van der Waals surface area contributed by atoms with Gasteiger partial charge in [-0.2, -0.15) is 0 Å². The van der Waals surface area contributed by atoms with E-state index in [0.29, 0.717) is 11.3 Å². The number of aliphatic hydroxyl groups is 1. The maximum absolute atomic E-state index is 15.3. The lowest BCUT2D eigenvalue weighted by molar-refractivity contribution is 0.0483. The zero-order chi connectivity index (χ0) is 19.4. The molecule has 0 bridgehead atoms. The molecule has 1 aliphatic heterocycles. The standard InChI is InChI=1S/C20H22FNO5/c1-26-12-27-16-9-8-15(22-10-2-3-11-22)18(21)17(16)19(23)13-4-6-14(7-5-13)20(24)25/h4-9,19,23H,2-3,10-12H2,1H3,(H,24,25). The quantitative estimate of drug-likeness (QED) is 0.724. The zero-order valence-electron chi connectivity index (χ0n) is 15.0. The third kappa shape index (κ3) is 4.04. The number of methoxy groups -OCH3 is 1. The van der Waals surface area contributed by atoms with E-state index in [1.807, 2.05) is 4.90 Å². The summed E-state index contributed by atoms with van der Waals surface area (Å²) >= 11 is 0. The molecule has 2 aromatic rings. The van der Waals surface area contributed by atoms with Crippen molar-refractivity contribution in [2.75, 3.05) is 31.9 Å². The minimum Gasteiger partial charge on any atom is -0.478 e. The largest absolute Gasteiger partial charge is 0.478 e. The monoisotopic (exact) mass is 375 g/mol. The van der Waals surface area contributed by atoms with Crippen LogP contribution in [0.25, 0.3) is 0 Å². The van der Waals surface area contributed by atoms with Gasteiger partial charge in [-0.05, 0) is 42.7 Å². The van der Waals surface area contributed by atoms with Gasteiger partial charge in [0.1, 0.15) is 11.9 Å². The van der Waals surface area contributed by atoms with Crippen LogP contribution in [0.1, 0.15) is 40.4 Å². The number of benzene rings is 2. The fourth-order valence-corrected chi connectivity index (χ4v) is 3.24. The van der Waals surface area contributed by atoms with Crippen LogP contribution in [0, 0.1) is 5.82 Å². The first-order valence-electron chi connectivity index (χ1n) is 8.73. The molecule has 1 heterocycles. The number of nitrogens with zero attached hydrogens (tertiary/aromatic N) is 1. The Balaban J connectivity index is 2.01. The van der Waals surface area contributed by atoms with E-state index in [0.717, 1.165) is 25.9 Å². The van der Waals surface area contributed by atoms with Crippen LogP contribution in [0.5, 0.6) is 5.75 Å². The van der Waals surface area contributed by atoms with Gasteiger partial charge in [-0.25, -0.2) is 9.18 Å². The fourth-order valence-electron chi connectivity index (χ4n) is 3.24. The molecular weight excluding hydrogens is 353 g/mol. The average Bonchev–Trinajstić information content (AvgIpc) is 3.20. The number of halogens is 1. The molecule has 1 unspecified atom stereocenters. The first-order valence-corrected chi connectivity index (χ1v) is 8.73. The molecule has 0 radical (unpaired) electrons. The van der Waals surface area contributed by atoms with Gasteiger partial charge >= 0.3 is 5.97 Å². The molecule has 27 heavy (non-hydrogen) atoms. The average molecular weight is 375 g/mol. The van der Waals surface area contributed by atoms with Crippen LogP contribution in [-0.2, 0) is 4.74 Å². The van der Waals surface area contributed by atoms with Crippen LogP contribution in [0.3, 0.4) is 0 Å². The SMILES string of the molecule is COCOc1ccc(N2CCCC2)c(F)c1C(O)c1ccc(C(=O)O)cc1. The summed E-state index contributed by atoms with van der Waals surface area (Å²) in [5.41, 5.74) is 0.904. The molecule has 1 saturated heterocycles. The minimum atomic E-state index is -1.30. The smallest absolute Gasteiger partial charge is 0.335 e. The first-order chi connectivity index (χ1) is 13.0. The third-order valence-electron chi connectivity index (χ3n) is 4.65. The van der Waals surface area contributed by atoms with Crippen LogP contribution in [0.15, 0.2) is 36.4 Å². The number of carboxylic acid groups (broad SMARTS) is 1. The van der Waals surface area contributed by atoms with Gasteiger partial charge in [0, 0.05) is 20.2 Å². The van der Waals surface area contributed by atoms with E-state index in [2.05, 4.69) is 0 Å².